The van der Waals surface area contributed by atoms with Gasteiger partial charge in [-0.2, -0.15) is 4.39 Å². The maximum Gasteiger partial charge on any atom is 0.201 e. The quantitative estimate of drug-likeness (QED) is 0.802. The molecule has 0 atom stereocenters. The van der Waals surface area contributed by atoms with Crippen LogP contribution >= 0.6 is 27.5 Å². The van der Waals surface area contributed by atoms with Crippen LogP contribution in [-0.4, -0.2) is 6.54 Å². The summed E-state index contributed by atoms with van der Waals surface area (Å²) in [7, 11) is 0. The number of halogens is 4. The van der Waals surface area contributed by atoms with Crippen LogP contribution in [0.25, 0.3) is 0 Å². The fourth-order valence-electron chi connectivity index (χ4n) is 1.67. The van der Waals surface area contributed by atoms with Crippen molar-refractivity contribution in [3.05, 3.63) is 57.0 Å². The minimum absolute atomic E-state index is 0.231. The molecule has 0 aliphatic heterocycles. The average Bonchev–Trinajstić information content (AvgIpc) is 2.38. The molecule has 2 nitrogen and oxygen atoms in total. The van der Waals surface area contributed by atoms with Gasteiger partial charge in [0.15, 0.2) is 11.6 Å². The Morgan fingerprint density at radius 1 is 1.15 bits per heavy atom. The van der Waals surface area contributed by atoms with Gasteiger partial charge in [0.05, 0.1) is 5.02 Å². The fourth-order valence-corrected chi connectivity index (χ4v) is 2.33. The lowest BCUT2D eigenvalue weighted by Gasteiger charge is -2.10. The second-order valence-electron chi connectivity index (χ2n) is 4.11. The Morgan fingerprint density at radius 3 is 2.55 bits per heavy atom. The molecule has 20 heavy (non-hydrogen) atoms. The molecule has 0 spiro atoms. The maximum atomic E-state index is 13.6. The van der Waals surface area contributed by atoms with E-state index in [4.69, 9.17) is 22.1 Å². The van der Waals surface area contributed by atoms with Crippen LogP contribution in [0.2, 0.25) is 5.02 Å². The third-order valence-electron chi connectivity index (χ3n) is 2.61. The summed E-state index contributed by atoms with van der Waals surface area (Å²) < 4.78 is 32.6. The van der Waals surface area contributed by atoms with Crippen LogP contribution in [0.4, 0.5) is 8.78 Å². The highest BCUT2D eigenvalue weighted by Crippen LogP contribution is 2.34. The third kappa shape index (κ3) is 3.48. The number of hydrogen-bond donors (Lipinski definition) is 1. The highest BCUT2D eigenvalue weighted by molar-refractivity contribution is 9.10. The minimum atomic E-state index is -1.06. The summed E-state index contributed by atoms with van der Waals surface area (Å²) in [5.41, 5.74) is 6.40. The van der Waals surface area contributed by atoms with Crippen LogP contribution in [0.1, 0.15) is 5.56 Å². The summed E-state index contributed by atoms with van der Waals surface area (Å²) in [6.07, 6.45) is 0.680. The molecule has 0 aliphatic carbocycles. The van der Waals surface area contributed by atoms with Crippen LogP contribution in [0.3, 0.4) is 0 Å². The molecule has 0 saturated heterocycles. The molecule has 0 bridgehead atoms. The first-order chi connectivity index (χ1) is 9.51. The molecule has 0 amide bonds. The summed E-state index contributed by atoms with van der Waals surface area (Å²) in [5, 5.41) is 0.315. The predicted octanol–water partition coefficient (Wildman–Crippen LogP) is 4.67. The Kier molecular flexibility index (Phi) is 4.96. The second-order valence-corrected chi connectivity index (χ2v) is 5.43. The molecule has 0 aliphatic rings. The monoisotopic (exact) mass is 361 g/mol. The summed E-state index contributed by atoms with van der Waals surface area (Å²) in [6, 6.07) is 7.43. The molecule has 2 aromatic rings. The molecule has 2 rings (SSSR count). The van der Waals surface area contributed by atoms with Crippen molar-refractivity contribution < 1.29 is 13.5 Å². The Hall–Kier alpha value is -1.17. The van der Waals surface area contributed by atoms with E-state index in [9.17, 15) is 8.78 Å². The molecule has 0 unspecified atom stereocenters. The summed E-state index contributed by atoms with van der Waals surface area (Å²) in [6.45, 7) is 0.502. The van der Waals surface area contributed by atoms with Gasteiger partial charge in [0.25, 0.3) is 0 Å². The third-order valence-corrected chi connectivity index (χ3v) is 3.36. The van der Waals surface area contributed by atoms with Crippen molar-refractivity contribution in [3.63, 3.8) is 0 Å². The topological polar surface area (TPSA) is 35.2 Å². The molecule has 0 saturated carbocycles. The van der Waals surface area contributed by atoms with Crippen LogP contribution < -0.4 is 10.5 Å². The lowest BCUT2D eigenvalue weighted by molar-refractivity contribution is 0.415. The lowest BCUT2D eigenvalue weighted by atomic mass is 10.1. The standard InChI is InChI=1S/C14H11BrClF2NO/c15-9-6-11(17)14(18)13(7-9)20-12-2-1-8(3-4-19)5-10(12)16/h1-2,5-7H,3-4,19H2. The van der Waals surface area contributed by atoms with E-state index in [1.807, 2.05) is 0 Å². The Bertz CT molecular complexity index is 637. The number of hydrogen-bond acceptors (Lipinski definition) is 2. The van der Waals surface area contributed by atoms with Gasteiger partial charge < -0.3 is 10.5 Å². The van der Waals surface area contributed by atoms with Gasteiger partial charge in [-0.3, -0.25) is 0 Å². The van der Waals surface area contributed by atoms with Crippen molar-refractivity contribution in [2.24, 2.45) is 5.73 Å². The summed E-state index contributed by atoms with van der Waals surface area (Å²) >= 11 is 9.13. The normalized spacial score (nSPS) is 10.7. The van der Waals surface area contributed by atoms with E-state index in [-0.39, 0.29) is 11.5 Å². The zero-order valence-corrected chi connectivity index (χ0v) is 12.6. The minimum Gasteiger partial charge on any atom is -0.453 e. The van der Waals surface area contributed by atoms with Gasteiger partial charge in [0.1, 0.15) is 5.75 Å². The maximum absolute atomic E-state index is 13.6. The summed E-state index contributed by atoms with van der Waals surface area (Å²) in [5.74, 6) is -2.03. The molecule has 106 valence electrons. The largest absolute Gasteiger partial charge is 0.453 e. The highest BCUT2D eigenvalue weighted by Gasteiger charge is 2.13. The Balaban J connectivity index is 2.31. The summed E-state index contributed by atoms with van der Waals surface area (Å²) in [4.78, 5) is 0. The lowest BCUT2D eigenvalue weighted by Crippen LogP contribution is -2.02. The molecule has 0 fully saturated rings. The van der Waals surface area contributed by atoms with Crippen LogP contribution in [-0.2, 0) is 6.42 Å². The van der Waals surface area contributed by atoms with E-state index in [1.165, 1.54) is 6.07 Å². The van der Waals surface area contributed by atoms with Gasteiger partial charge in [-0.1, -0.05) is 33.6 Å². The van der Waals surface area contributed by atoms with Crippen LogP contribution in [0, 0.1) is 11.6 Å². The number of benzene rings is 2. The van der Waals surface area contributed by atoms with Crippen molar-refractivity contribution in [2.75, 3.05) is 6.54 Å². The van der Waals surface area contributed by atoms with Gasteiger partial charge in [-0.15, -0.1) is 0 Å². The van der Waals surface area contributed by atoms with Crippen molar-refractivity contribution in [3.8, 4) is 11.5 Å². The molecule has 0 aromatic heterocycles. The van der Waals surface area contributed by atoms with E-state index in [1.54, 1.807) is 18.2 Å². The van der Waals surface area contributed by atoms with Gasteiger partial charge in [-0.25, -0.2) is 4.39 Å². The van der Waals surface area contributed by atoms with Gasteiger partial charge in [0.2, 0.25) is 5.82 Å². The first-order valence-electron chi connectivity index (χ1n) is 5.82. The van der Waals surface area contributed by atoms with E-state index < -0.39 is 11.6 Å². The average molecular weight is 363 g/mol. The van der Waals surface area contributed by atoms with Crippen molar-refractivity contribution >= 4 is 27.5 Å². The number of nitrogens with two attached hydrogens (primary N) is 1. The molecular weight excluding hydrogens is 352 g/mol. The highest BCUT2D eigenvalue weighted by atomic mass is 79.9. The second kappa shape index (κ2) is 6.52. The van der Waals surface area contributed by atoms with Gasteiger partial charge >= 0.3 is 0 Å². The van der Waals surface area contributed by atoms with Crippen LogP contribution in [0.15, 0.2) is 34.8 Å². The van der Waals surface area contributed by atoms with E-state index >= 15 is 0 Å². The molecule has 0 heterocycles. The Labute approximate surface area is 128 Å². The molecule has 6 heteroatoms. The molecule has 0 radical (unpaired) electrons. The molecule has 2 N–H and O–H groups in total. The Morgan fingerprint density at radius 2 is 1.90 bits per heavy atom. The number of ether oxygens (including phenoxy) is 1. The van der Waals surface area contributed by atoms with Gasteiger partial charge in [-0.05, 0) is 42.8 Å². The molecular formula is C14H11BrClF2NO. The zero-order valence-electron chi connectivity index (χ0n) is 10.3. The SMILES string of the molecule is NCCc1ccc(Oc2cc(Br)cc(F)c2F)c(Cl)c1. The first-order valence-corrected chi connectivity index (χ1v) is 6.99. The van der Waals surface area contributed by atoms with Gasteiger partial charge in [0, 0.05) is 4.47 Å². The van der Waals surface area contributed by atoms with E-state index in [2.05, 4.69) is 15.9 Å². The number of rotatable bonds is 4. The van der Waals surface area contributed by atoms with Crippen molar-refractivity contribution in [1.82, 2.24) is 0 Å². The van der Waals surface area contributed by atoms with E-state index in [0.29, 0.717) is 22.5 Å². The molecule has 2 aromatic carbocycles. The van der Waals surface area contributed by atoms with Crippen molar-refractivity contribution in [1.29, 1.82) is 0 Å². The fraction of sp³-hybridized carbons (Fsp3) is 0.143. The zero-order chi connectivity index (χ0) is 14.7. The van der Waals surface area contributed by atoms with Crippen LogP contribution in [0.5, 0.6) is 11.5 Å². The first kappa shape index (κ1) is 15.2. The van der Waals surface area contributed by atoms with E-state index in [0.717, 1.165) is 11.6 Å². The predicted molar refractivity (Wildman–Crippen MR) is 78.3 cm³/mol. The van der Waals surface area contributed by atoms with Crippen molar-refractivity contribution in [2.45, 2.75) is 6.42 Å². The smallest absolute Gasteiger partial charge is 0.201 e.